The Kier molecular flexibility index (Phi) is 16.2. The molecule has 0 aliphatic heterocycles. The molecule has 0 saturated heterocycles. The van der Waals surface area contributed by atoms with E-state index in [9.17, 15) is 14.4 Å². The molecule has 2 aromatic rings. The summed E-state index contributed by atoms with van der Waals surface area (Å²) in [4.78, 5) is 58.8. The second-order valence-electron chi connectivity index (χ2n) is 13.8. The highest BCUT2D eigenvalue weighted by molar-refractivity contribution is 5.89. The molecular weight excluding hydrogens is 588 g/mol. The first-order valence-electron chi connectivity index (χ1n) is 16.5. The minimum absolute atomic E-state index is 0.303. The Morgan fingerprint density at radius 2 is 0.891 bits per heavy atom. The maximum atomic E-state index is 12.8. The summed E-state index contributed by atoms with van der Waals surface area (Å²) in [6.07, 6.45) is 7.40. The van der Waals surface area contributed by atoms with Gasteiger partial charge < -0.3 is 9.47 Å². The van der Waals surface area contributed by atoms with Crippen LogP contribution in [0.5, 0.6) is 0 Å². The molecule has 0 aliphatic rings. The van der Waals surface area contributed by atoms with Crippen LogP contribution in [0.2, 0.25) is 0 Å². The van der Waals surface area contributed by atoms with Crippen LogP contribution >= 0.6 is 0 Å². The molecule has 9 heteroatoms. The summed E-state index contributed by atoms with van der Waals surface area (Å²) < 4.78 is 10.8. The van der Waals surface area contributed by atoms with Gasteiger partial charge in [0.15, 0.2) is 0 Å². The van der Waals surface area contributed by atoms with Crippen LogP contribution in [0.3, 0.4) is 0 Å². The number of carbonyl (C=O) groups is 3. The van der Waals surface area contributed by atoms with E-state index in [2.05, 4.69) is 13.8 Å². The fourth-order valence-electron chi connectivity index (χ4n) is 4.28. The van der Waals surface area contributed by atoms with E-state index in [4.69, 9.17) is 29.0 Å². The maximum absolute atomic E-state index is 12.8. The van der Waals surface area contributed by atoms with Crippen molar-refractivity contribution in [2.75, 3.05) is 0 Å². The second kappa shape index (κ2) is 19.3. The molecule has 0 N–H and O–H groups in total. The normalized spacial score (nSPS) is 13.0. The first-order valence-corrected chi connectivity index (χ1v) is 16.5. The quantitative estimate of drug-likeness (QED) is 0.0516. The molecule has 0 amide bonds. The van der Waals surface area contributed by atoms with Crippen LogP contribution in [-0.4, -0.2) is 30.7 Å². The predicted octanol–water partition coefficient (Wildman–Crippen LogP) is 9.71. The van der Waals surface area contributed by atoms with Crippen LogP contribution in [0.4, 0.5) is 4.79 Å². The third-order valence-electron chi connectivity index (χ3n) is 7.26. The molecule has 0 saturated carbocycles. The molecule has 0 aliphatic carbocycles. The van der Waals surface area contributed by atoms with Crippen LogP contribution in [0.1, 0.15) is 139 Å². The number of carbonyl (C=O) groups excluding carboxylic acids is 3. The average Bonchev–Trinajstić information content (AvgIpc) is 3.00. The lowest BCUT2D eigenvalue weighted by Gasteiger charge is -2.30. The summed E-state index contributed by atoms with van der Waals surface area (Å²) in [5.74, 6) is -1.45. The minimum Gasteiger partial charge on any atom is -0.400 e. The van der Waals surface area contributed by atoms with Crippen molar-refractivity contribution < 1.29 is 43.4 Å². The zero-order valence-corrected chi connectivity index (χ0v) is 29.0. The van der Waals surface area contributed by atoms with Gasteiger partial charge in [-0.15, -0.1) is 9.78 Å². The Labute approximate surface area is 275 Å². The Bertz CT molecular complexity index is 1100. The molecule has 0 spiro atoms. The molecule has 2 aromatic carbocycles. The van der Waals surface area contributed by atoms with Gasteiger partial charge in [0, 0.05) is 10.8 Å². The van der Waals surface area contributed by atoms with Crippen molar-refractivity contribution in [2.24, 2.45) is 10.8 Å². The number of unbranched alkanes of at least 4 members (excludes halogenated alkanes) is 6. The first kappa shape index (κ1) is 38.8. The highest BCUT2D eigenvalue weighted by atomic mass is 17.2. The smallest absolute Gasteiger partial charge is 0.400 e. The molecule has 256 valence electrons. The fraction of sp³-hybridized carbons (Fsp3) is 0.595. The molecule has 2 rings (SSSR count). The standard InChI is InChI=1S/C37H54O9/c1-9-11-13-15-17-27-19-23-29(24-20-27)31(38)43-45-33(36(3,4)5)41-35(40)42-34(37(6,7)8)46-44-32(39)30-25-21-28(22-26-30)18-16-14-12-10-2/h19-26,33-34H,9-18H2,1-8H3. The topological polar surface area (TPSA) is 107 Å². The van der Waals surface area contributed by atoms with Crippen molar-refractivity contribution in [3.8, 4) is 0 Å². The minimum atomic E-state index is -1.31. The summed E-state index contributed by atoms with van der Waals surface area (Å²) in [5.41, 5.74) is 1.29. The summed E-state index contributed by atoms with van der Waals surface area (Å²) in [6, 6.07) is 14.3. The number of hydrogen-bond donors (Lipinski definition) is 0. The summed E-state index contributed by atoms with van der Waals surface area (Å²) >= 11 is 0. The van der Waals surface area contributed by atoms with E-state index in [-0.39, 0.29) is 0 Å². The molecule has 0 radical (unpaired) electrons. The molecular formula is C37H54O9. The third kappa shape index (κ3) is 14.3. The van der Waals surface area contributed by atoms with Gasteiger partial charge in [-0.1, -0.05) is 118 Å². The second-order valence-corrected chi connectivity index (χ2v) is 13.8. The van der Waals surface area contributed by atoms with E-state index < -0.39 is 41.5 Å². The van der Waals surface area contributed by atoms with E-state index >= 15 is 0 Å². The lowest BCUT2D eigenvalue weighted by Crippen LogP contribution is -2.39. The number of hydrogen-bond acceptors (Lipinski definition) is 9. The van der Waals surface area contributed by atoms with Gasteiger partial charge in [0.2, 0.25) is 0 Å². The third-order valence-corrected chi connectivity index (χ3v) is 7.26. The molecule has 46 heavy (non-hydrogen) atoms. The first-order chi connectivity index (χ1) is 21.7. The molecule has 2 atom stereocenters. The van der Waals surface area contributed by atoms with Gasteiger partial charge in [-0.3, -0.25) is 9.78 Å². The van der Waals surface area contributed by atoms with E-state index in [0.717, 1.165) is 36.8 Å². The van der Waals surface area contributed by atoms with Crippen LogP contribution in [-0.2, 0) is 41.9 Å². The van der Waals surface area contributed by atoms with Crippen molar-refractivity contribution in [1.82, 2.24) is 0 Å². The Balaban J connectivity index is 1.92. The highest BCUT2D eigenvalue weighted by Crippen LogP contribution is 2.28. The predicted molar refractivity (Wildman–Crippen MR) is 176 cm³/mol. The van der Waals surface area contributed by atoms with Crippen molar-refractivity contribution in [1.29, 1.82) is 0 Å². The van der Waals surface area contributed by atoms with Crippen LogP contribution in [0, 0.1) is 10.8 Å². The molecule has 0 heterocycles. The molecule has 9 nitrogen and oxygen atoms in total. The molecule has 0 fully saturated rings. The van der Waals surface area contributed by atoms with Gasteiger partial charge in [0.05, 0.1) is 11.1 Å². The summed E-state index contributed by atoms with van der Waals surface area (Å²) in [7, 11) is 0. The highest BCUT2D eigenvalue weighted by Gasteiger charge is 2.37. The Hall–Kier alpha value is -3.43. The van der Waals surface area contributed by atoms with Crippen molar-refractivity contribution in [3.05, 3.63) is 70.8 Å². The van der Waals surface area contributed by atoms with E-state index in [1.807, 2.05) is 24.3 Å². The summed E-state index contributed by atoms with van der Waals surface area (Å²) in [6.45, 7) is 14.8. The van der Waals surface area contributed by atoms with Gasteiger partial charge >= 0.3 is 18.1 Å². The van der Waals surface area contributed by atoms with E-state index in [1.165, 1.54) is 38.5 Å². The van der Waals surface area contributed by atoms with Gasteiger partial charge in [0.25, 0.3) is 12.6 Å². The fourth-order valence-corrected chi connectivity index (χ4v) is 4.28. The van der Waals surface area contributed by atoms with Crippen molar-refractivity contribution in [3.63, 3.8) is 0 Å². The summed E-state index contributed by atoms with van der Waals surface area (Å²) in [5, 5.41) is 0. The Morgan fingerprint density at radius 1 is 0.543 bits per heavy atom. The van der Waals surface area contributed by atoms with E-state index in [0.29, 0.717) is 11.1 Å². The maximum Gasteiger partial charge on any atom is 0.513 e. The van der Waals surface area contributed by atoms with Crippen LogP contribution < -0.4 is 0 Å². The largest absolute Gasteiger partial charge is 0.513 e. The van der Waals surface area contributed by atoms with Crippen molar-refractivity contribution in [2.45, 2.75) is 132 Å². The SMILES string of the molecule is CCCCCCc1ccc(C(=O)OOC(OC(=O)OC(OOC(=O)c2ccc(CCCCCC)cc2)C(C)(C)C)C(C)(C)C)cc1. The molecule has 2 unspecified atom stereocenters. The van der Waals surface area contributed by atoms with Crippen molar-refractivity contribution >= 4 is 18.1 Å². The number of benzene rings is 2. The number of ether oxygens (including phenoxy) is 2. The van der Waals surface area contributed by atoms with Gasteiger partial charge in [-0.25, -0.2) is 14.4 Å². The Morgan fingerprint density at radius 3 is 1.20 bits per heavy atom. The van der Waals surface area contributed by atoms with Crippen LogP contribution in [0.15, 0.2) is 48.5 Å². The monoisotopic (exact) mass is 642 g/mol. The lowest BCUT2D eigenvalue weighted by molar-refractivity contribution is -0.371. The zero-order valence-electron chi connectivity index (χ0n) is 29.0. The van der Waals surface area contributed by atoms with Gasteiger partial charge in [-0.2, -0.15) is 0 Å². The molecule has 0 aromatic heterocycles. The zero-order chi connectivity index (χ0) is 34.2. The van der Waals surface area contributed by atoms with Crippen LogP contribution in [0.25, 0.3) is 0 Å². The average molecular weight is 643 g/mol. The van der Waals surface area contributed by atoms with Gasteiger partial charge in [-0.05, 0) is 61.1 Å². The lowest BCUT2D eigenvalue weighted by atomic mass is 9.96. The van der Waals surface area contributed by atoms with Gasteiger partial charge in [0.1, 0.15) is 0 Å². The van der Waals surface area contributed by atoms with E-state index in [1.54, 1.807) is 65.8 Å². The number of rotatable bonds is 18. The number of aryl methyl sites for hydroxylation is 2. The molecule has 0 bridgehead atoms.